The molecule has 124 valence electrons. The molecular formula is C16H13F6N. The van der Waals surface area contributed by atoms with Gasteiger partial charge in [0, 0.05) is 19.8 Å². The molecule has 2 aromatic carbocycles. The third kappa shape index (κ3) is 3.78. The SMILES string of the molecule is CN(C)c1ccc(C(F)(F)F)c(-c2ccc(C(F)(F)F)cc2)c1. The van der Waals surface area contributed by atoms with Crippen LogP contribution in [0, 0.1) is 0 Å². The average molecular weight is 333 g/mol. The van der Waals surface area contributed by atoms with E-state index in [0.717, 1.165) is 30.3 Å². The molecule has 2 rings (SSSR count). The van der Waals surface area contributed by atoms with Crippen LogP contribution < -0.4 is 4.90 Å². The number of rotatable bonds is 2. The van der Waals surface area contributed by atoms with Crippen molar-refractivity contribution in [2.24, 2.45) is 0 Å². The van der Waals surface area contributed by atoms with Crippen LogP contribution in [0.15, 0.2) is 42.5 Å². The Kier molecular flexibility index (Phi) is 4.32. The first-order chi connectivity index (χ1) is 10.5. The van der Waals surface area contributed by atoms with Crippen LogP contribution in [0.25, 0.3) is 11.1 Å². The van der Waals surface area contributed by atoms with Gasteiger partial charge in [0.25, 0.3) is 0 Å². The Labute approximate surface area is 129 Å². The van der Waals surface area contributed by atoms with Gasteiger partial charge in [0.05, 0.1) is 11.1 Å². The van der Waals surface area contributed by atoms with Crippen molar-refractivity contribution in [1.82, 2.24) is 0 Å². The lowest BCUT2D eigenvalue weighted by Gasteiger charge is -2.18. The summed E-state index contributed by atoms with van der Waals surface area (Å²) in [4.78, 5) is 1.62. The van der Waals surface area contributed by atoms with E-state index in [1.807, 2.05) is 0 Å². The van der Waals surface area contributed by atoms with Gasteiger partial charge in [-0.3, -0.25) is 0 Å². The van der Waals surface area contributed by atoms with E-state index in [2.05, 4.69) is 0 Å². The first-order valence-electron chi connectivity index (χ1n) is 6.56. The van der Waals surface area contributed by atoms with E-state index < -0.39 is 23.5 Å². The van der Waals surface area contributed by atoms with E-state index in [4.69, 9.17) is 0 Å². The Morgan fingerprint density at radius 1 is 0.739 bits per heavy atom. The molecular weight excluding hydrogens is 320 g/mol. The summed E-state index contributed by atoms with van der Waals surface area (Å²) in [6, 6.07) is 7.21. The van der Waals surface area contributed by atoms with Crippen LogP contribution in [-0.4, -0.2) is 14.1 Å². The highest BCUT2D eigenvalue weighted by molar-refractivity contribution is 5.73. The molecule has 0 radical (unpaired) electrons. The summed E-state index contributed by atoms with van der Waals surface area (Å²) in [6.45, 7) is 0. The predicted molar refractivity (Wildman–Crippen MR) is 76.2 cm³/mol. The van der Waals surface area contributed by atoms with Crippen LogP contribution in [0.4, 0.5) is 32.0 Å². The molecule has 23 heavy (non-hydrogen) atoms. The minimum absolute atomic E-state index is 0.0778. The van der Waals surface area contributed by atoms with E-state index in [1.165, 1.54) is 12.1 Å². The lowest BCUT2D eigenvalue weighted by Crippen LogP contribution is -2.12. The minimum Gasteiger partial charge on any atom is -0.378 e. The average Bonchev–Trinajstić information content (AvgIpc) is 2.45. The van der Waals surface area contributed by atoms with E-state index >= 15 is 0 Å². The number of nitrogens with zero attached hydrogens (tertiary/aromatic N) is 1. The third-order valence-corrected chi connectivity index (χ3v) is 3.35. The molecule has 0 spiro atoms. The van der Waals surface area contributed by atoms with Crippen molar-refractivity contribution in [3.05, 3.63) is 53.6 Å². The Balaban J connectivity index is 2.58. The molecule has 0 amide bonds. The minimum atomic E-state index is -4.59. The van der Waals surface area contributed by atoms with Gasteiger partial charge >= 0.3 is 12.4 Å². The van der Waals surface area contributed by atoms with Gasteiger partial charge < -0.3 is 4.90 Å². The number of benzene rings is 2. The van der Waals surface area contributed by atoms with Gasteiger partial charge in [0.1, 0.15) is 0 Å². The van der Waals surface area contributed by atoms with Crippen molar-refractivity contribution in [2.45, 2.75) is 12.4 Å². The van der Waals surface area contributed by atoms with Crippen LogP contribution >= 0.6 is 0 Å². The Morgan fingerprint density at radius 2 is 1.30 bits per heavy atom. The second kappa shape index (κ2) is 5.79. The first kappa shape index (κ1) is 17.2. The maximum Gasteiger partial charge on any atom is 0.417 e. The maximum absolute atomic E-state index is 13.1. The van der Waals surface area contributed by atoms with Gasteiger partial charge in [-0.1, -0.05) is 12.1 Å². The number of anilines is 1. The van der Waals surface area contributed by atoms with Gasteiger partial charge in [-0.2, -0.15) is 26.3 Å². The van der Waals surface area contributed by atoms with E-state index in [1.54, 1.807) is 19.0 Å². The second-order valence-corrected chi connectivity index (χ2v) is 5.20. The smallest absolute Gasteiger partial charge is 0.378 e. The number of halogens is 6. The van der Waals surface area contributed by atoms with E-state index in [0.29, 0.717) is 5.69 Å². The molecule has 0 saturated heterocycles. The number of hydrogen-bond acceptors (Lipinski definition) is 1. The summed E-state index contributed by atoms with van der Waals surface area (Å²) in [7, 11) is 3.33. The summed E-state index contributed by atoms with van der Waals surface area (Å²) in [6.07, 6.45) is -9.13. The van der Waals surface area contributed by atoms with Crippen molar-refractivity contribution in [1.29, 1.82) is 0 Å². The Morgan fingerprint density at radius 3 is 1.74 bits per heavy atom. The predicted octanol–water partition coefficient (Wildman–Crippen LogP) is 5.46. The lowest BCUT2D eigenvalue weighted by atomic mass is 9.97. The summed E-state index contributed by atoms with van der Waals surface area (Å²) in [5, 5.41) is 0. The maximum atomic E-state index is 13.1. The number of hydrogen-bond donors (Lipinski definition) is 0. The molecule has 7 heteroatoms. The highest BCUT2D eigenvalue weighted by Crippen LogP contribution is 2.39. The molecule has 0 heterocycles. The molecule has 2 aromatic rings. The molecule has 0 aliphatic carbocycles. The lowest BCUT2D eigenvalue weighted by molar-refractivity contribution is -0.138. The Hall–Kier alpha value is -2.18. The van der Waals surface area contributed by atoms with Gasteiger partial charge in [-0.15, -0.1) is 0 Å². The highest BCUT2D eigenvalue weighted by Gasteiger charge is 2.34. The zero-order chi connectivity index (χ0) is 17.4. The number of alkyl halides is 6. The van der Waals surface area contributed by atoms with Crippen LogP contribution in [0.3, 0.4) is 0 Å². The van der Waals surface area contributed by atoms with Gasteiger partial charge in [0.2, 0.25) is 0 Å². The quantitative estimate of drug-likeness (QED) is 0.660. The highest BCUT2D eigenvalue weighted by atomic mass is 19.4. The molecule has 0 atom stereocenters. The first-order valence-corrected chi connectivity index (χ1v) is 6.56. The molecule has 0 aromatic heterocycles. The van der Waals surface area contributed by atoms with Gasteiger partial charge in [-0.05, 0) is 41.5 Å². The molecule has 0 aliphatic heterocycles. The Bertz CT molecular complexity index is 683. The zero-order valence-electron chi connectivity index (χ0n) is 12.3. The molecule has 0 aliphatic rings. The largest absolute Gasteiger partial charge is 0.417 e. The third-order valence-electron chi connectivity index (χ3n) is 3.35. The molecule has 0 N–H and O–H groups in total. The monoisotopic (exact) mass is 333 g/mol. The fourth-order valence-electron chi connectivity index (χ4n) is 2.14. The van der Waals surface area contributed by atoms with Crippen molar-refractivity contribution < 1.29 is 26.3 Å². The standard InChI is InChI=1S/C16H13F6N/c1-23(2)12-7-8-14(16(20,21)22)13(9-12)10-3-5-11(6-4-10)15(17,18)19/h3-9H,1-2H3. The van der Waals surface area contributed by atoms with Crippen molar-refractivity contribution in [3.63, 3.8) is 0 Å². The molecule has 0 saturated carbocycles. The summed E-state index contributed by atoms with van der Waals surface area (Å²) in [5.41, 5.74) is -1.35. The topological polar surface area (TPSA) is 3.24 Å². The van der Waals surface area contributed by atoms with Crippen LogP contribution in [0.1, 0.15) is 11.1 Å². The summed E-state index contributed by atoms with van der Waals surface area (Å²) >= 11 is 0. The van der Waals surface area contributed by atoms with E-state index in [9.17, 15) is 26.3 Å². The van der Waals surface area contributed by atoms with E-state index in [-0.39, 0.29) is 11.1 Å². The molecule has 0 bridgehead atoms. The van der Waals surface area contributed by atoms with Crippen molar-refractivity contribution in [2.75, 3.05) is 19.0 Å². The molecule has 1 nitrogen and oxygen atoms in total. The zero-order valence-corrected chi connectivity index (χ0v) is 12.3. The summed E-state index contributed by atoms with van der Waals surface area (Å²) < 4.78 is 77.1. The van der Waals surface area contributed by atoms with Crippen molar-refractivity contribution >= 4 is 5.69 Å². The van der Waals surface area contributed by atoms with Crippen LogP contribution in [-0.2, 0) is 12.4 Å². The van der Waals surface area contributed by atoms with Gasteiger partial charge in [-0.25, -0.2) is 0 Å². The van der Waals surface area contributed by atoms with Crippen LogP contribution in [0.5, 0.6) is 0 Å². The summed E-state index contributed by atoms with van der Waals surface area (Å²) in [5.74, 6) is 0. The fraction of sp³-hybridized carbons (Fsp3) is 0.250. The van der Waals surface area contributed by atoms with Gasteiger partial charge in [0.15, 0.2) is 0 Å². The van der Waals surface area contributed by atoms with Crippen molar-refractivity contribution in [3.8, 4) is 11.1 Å². The molecule has 0 fully saturated rings. The normalized spacial score (nSPS) is 12.3. The fourth-order valence-corrected chi connectivity index (χ4v) is 2.14. The van der Waals surface area contributed by atoms with Crippen LogP contribution in [0.2, 0.25) is 0 Å². The second-order valence-electron chi connectivity index (χ2n) is 5.20. The molecule has 0 unspecified atom stereocenters.